The number of halogens is 3. The van der Waals surface area contributed by atoms with Crippen molar-refractivity contribution >= 4 is 28.9 Å². The number of pyridine rings is 2. The van der Waals surface area contributed by atoms with Gasteiger partial charge in [0.1, 0.15) is 11.5 Å². The summed E-state index contributed by atoms with van der Waals surface area (Å²) in [5.41, 5.74) is 5.33. The van der Waals surface area contributed by atoms with Gasteiger partial charge < -0.3 is 4.57 Å². The van der Waals surface area contributed by atoms with E-state index in [2.05, 4.69) is 25.5 Å². The predicted molar refractivity (Wildman–Crippen MR) is 137 cm³/mol. The molecule has 0 amide bonds. The van der Waals surface area contributed by atoms with Gasteiger partial charge in [-0.05, 0) is 77.2 Å². The number of allylic oxidation sites excluding steroid dienone is 1. The number of aryl methyl sites for hydroxylation is 1. The average molecular weight is 534 g/mol. The predicted octanol–water partition coefficient (Wildman–Crippen LogP) is 4.99. The van der Waals surface area contributed by atoms with E-state index in [1.54, 1.807) is 35.9 Å². The Morgan fingerprint density at radius 3 is 2.73 bits per heavy atom. The van der Waals surface area contributed by atoms with Crippen molar-refractivity contribution in [2.75, 3.05) is 0 Å². The van der Waals surface area contributed by atoms with Crippen molar-refractivity contribution in [2.24, 2.45) is 10.9 Å². The average Bonchev–Trinajstić information content (AvgIpc) is 3.16. The van der Waals surface area contributed by atoms with Crippen molar-refractivity contribution in [3.63, 3.8) is 0 Å². The Hall–Kier alpha value is -3.69. The minimum Gasteiger partial charge on any atom is -0.305 e. The number of rotatable bonds is 4. The lowest BCUT2D eigenvalue weighted by molar-refractivity contribution is 0.523. The van der Waals surface area contributed by atoms with Gasteiger partial charge >= 0.3 is 0 Å². The van der Waals surface area contributed by atoms with Crippen LogP contribution >= 0.6 is 23.2 Å². The van der Waals surface area contributed by atoms with Gasteiger partial charge in [0, 0.05) is 40.4 Å². The lowest BCUT2D eigenvalue weighted by Crippen LogP contribution is -2.26. The summed E-state index contributed by atoms with van der Waals surface area (Å²) in [5, 5.41) is 12.3. The Bertz CT molecular complexity index is 1730. The van der Waals surface area contributed by atoms with Gasteiger partial charge in [0.05, 0.1) is 23.0 Å². The highest BCUT2D eigenvalue weighted by Gasteiger charge is 2.54. The highest BCUT2D eigenvalue weighted by molar-refractivity contribution is 6.32. The van der Waals surface area contributed by atoms with Crippen molar-refractivity contribution < 1.29 is 4.39 Å². The third-order valence-electron chi connectivity index (χ3n) is 7.38. The van der Waals surface area contributed by atoms with Crippen LogP contribution in [0.5, 0.6) is 0 Å². The minimum atomic E-state index is -0.567. The molecule has 7 rings (SSSR count). The van der Waals surface area contributed by atoms with Crippen LogP contribution in [0, 0.1) is 18.8 Å². The normalized spacial score (nSPS) is 21.7. The van der Waals surface area contributed by atoms with E-state index in [9.17, 15) is 9.18 Å². The summed E-state index contributed by atoms with van der Waals surface area (Å²) in [7, 11) is 0. The first kappa shape index (κ1) is 22.5. The Labute approximate surface area is 220 Å². The smallest absolute Gasteiger partial charge is 0.251 e. The topological polar surface area (TPSA) is 90.9 Å². The molecule has 1 saturated carbocycles. The van der Waals surface area contributed by atoms with Gasteiger partial charge in [-0.25, -0.2) is 9.98 Å². The fourth-order valence-electron chi connectivity index (χ4n) is 5.67. The third-order valence-corrected chi connectivity index (χ3v) is 7.94. The molecule has 4 aromatic rings. The molecule has 3 unspecified atom stereocenters. The standard InChI is InChI=1S/C26H18Cl2FN7O/c1-12-2-4-15(26(29)31-12)20-10-19(25(28)32-20)24-18-9-17(18)22-6-13(7-23(37)36(22)24)16-8-14(27)3-5-21(16)35-11-30-33-34-35/h2-8,11,17-18,24H,9-10H2,1H3. The third kappa shape index (κ3) is 3.56. The summed E-state index contributed by atoms with van der Waals surface area (Å²) >= 11 is 12.9. The van der Waals surface area contributed by atoms with Crippen LogP contribution in [-0.4, -0.2) is 35.5 Å². The summed E-state index contributed by atoms with van der Waals surface area (Å²) in [6, 6.07) is 12.3. The summed E-state index contributed by atoms with van der Waals surface area (Å²) in [6.07, 6.45) is 2.82. The van der Waals surface area contributed by atoms with E-state index in [0.29, 0.717) is 39.3 Å². The van der Waals surface area contributed by atoms with E-state index >= 15 is 0 Å². The van der Waals surface area contributed by atoms with Gasteiger partial charge in [0.25, 0.3) is 5.56 Å². The summed E-state index contributed by atoms with van der Waals surface area (Å²) in [4.78, 5) is 22.0. The second kappa shape index (κ2) is 8.16. The number of nitrogens with zero attached hydrogens (tertiary/aromatic N) is 7. The Kier molecular flexibility index (Phi) is 4.96. The summed E-state index contributed by atoms with van der Waals surface area (Å²) < 4.78 is 17.9. The number of hydrogen-bond acceptors (Lipinski definition) is 6. The summed E-state index contributed by atoms with van der Waals surface area (Å²) in [5.74, 6) is -0.0741. The number of fused-ring (bicyclic) bond motifs is 3. The summed E-state index contributed by atoms with van der Waals surface area (Å²) in [6.45, 7) is 1.73. The van der Waals surface area contributed by atoms with Crippen molar-refractivity contribution in [2.45, 2.75) is 31.7 Å². The van der Waals surface area contributed by atoms with Gasteiger partial charge in [-0.1, -0.05) is 23.2 Å². The molecule has 3 aromatic heterocycles. The Morgan fingerprint density at radius 2 is 1.95 bits per heavy atom. The molecule has 0 bridgehead atoms. The monoisotopic (exact) mass is 533 g/mol. The van der Waals surface area contributed by atoms with Crippen LogP contribution in [0.4, 0.5) is 4.39 Å². The molecule has 184 valence electrons. The van der Waals surface area contributed by atoms with Crippen LogP contribution in [0.2, 0.25) is 5.02 Å². The largest absolute Gasteiger partial charge is 0.305 e. The molecule has 37 heavy (non-hydrogen) atoms. The fraction of sp³-hybridized carbons (Fsp3) is 0.231. The molecule has 0 saturated heterocycles. The Morgan fingerprint density at radius 1 is 1.08 bits per heavy atom. The van der Waals surface area contributed by atoms with E-state index in [1.807, 2.05) is 22.8 Å². The van der Waals surface area contributed by atoms with Gasteiger partial charge in [-0.2, -0.15) is 9.07 Å². The molecule has 3 aliphatic rings. The molecule has 11 heteroatoms. The van der Waals surface area contributed by atoms with Crippen LogP contribution in [-0.2, 0) is 0 Å². The van der Waals surface area contributed by atoms with Crippen molar-refractivity contribution in [1.82, 2.24) is 29.8 Å². The van der Waals surface area contributed by atoms with Crippen LogP contribution < -0.4 is 5.56 Å². The lowest BCUT2D eigenvalue weighted by atomic mass is 9.97. The van der Waals surface area contributed by atoms with E-state index < -0.39 is 5.95 Å². The second-order valence-electron chi connectivity index (χ2n) is 9.59. The molecular formula is C26H18Cl2FN7O. The number of tetrazole rings is 1. The first-order valence-corrected chi connectivity index (χ1v) is 12.5. The molecule has 1 fully saturated rings. The molecule has 3 atom stereocenters. The van der Waals surface area contributed by atoms with E-state index in [4.69, 9.17) is 23.2 Å². The quantitative estimate of drug-likeness (QED) is 0.272. The number of aromatic nitrogens is 6. The van der Waals surface area contributed by atoms with Crippen molar-refractivity contribution in [1.29, 1.82) is 0 Å². The van der Waals surface area contributed by atoms with Gasteiger partial charge in [0.15, 0.2) is 0 Å². The molecule has 8 nitrogen and oxygen atoms in total. The van der Waals surface area contributed by atoms with Gasteiger partial charge in [-0.3, -0.25) is 4.79 Å². The molecule has 0 radical (unpaired) electrons. The zero-order chi connectivity index (χ0) is 25.4. The van der Waals surface area contributed by atoms with Crippen molar-refractivity contribution in [3.8, 4) is 16.8 Å². The second-order valence-corrected chi connectivity index (χ2v) is 10.4. The molecular weight excluding hydrogens is 516 g/mol. The molecule has 1 aromatic carbocycles. The molecule has 5 heterocycles. The molecule has 2 aliphatic heterocycles. The maximum absolute atomic E-state index is 14.6. The minimum absolute atomic E-state index is 0.138. The zero-order valence-corrected chi connectivity index (χ0v) is 20.9. The molecule has 1 aliphatic carbocycles. The first-order valence-electron chi connectivity index (χ1n) is 11.8. The number of benzene rings is 1. The maximum Gasteiger partial charge on any atom is 0.251 e. The lowest BCUT2D eigenvalue weighted by Gasteiger charge is -2.21. The van der Waals surface area contributed by atoms with Crippen LogP contribution in [0.1, 0.15) is 41.8 Å². The highest BCUT2D eigenvalue weighted by atomic mass is 35.5. The van der Waals surface area contributed by atoms with E-state index in [1.165, 1.54) is 6.33 Å². The fourth-order valence-corrected chi connectivity index (χ4v) is 6.12. The van der Waals surface area contributed by atoms with E-state index in [-0.39, 0.29) is 23.4 Å². The van der Waals surface area contributed by atoms with Crippen LogP contribution in [0.15, 0.2) is 69.3 Å². The number of hydrogen-bond donors (Lipinski definition) is 0. The van der Waals surface area contributed by atoms with Crippen LogP contribution in [0.25, 0.3) is 16.8 Å². The zero-order valence-electron chi connectivity index (χ0n) is 19.4. The Balaban J connectivity index is 1.28. The SMILES string of the molecule is Cc1ccc(C2=NC(Cl)=C(C3C4CC4c4cc(-c5cc(Cl)ccc5-n5cnnn5)cc(=O)n43)C2)c(F)n1. The van der Waals surface area contributed by atoms with E-state index in [0.717, 1.165) is 28.8 Å². The molecule has 0 N–H and O–H groups in total. The first-order chi connectivity index (χ1) is 17.9. The van der Waals surface area contributed by atoms with Crippen LogP contribution in [0.3, 0.4) is 0 Å². The number of aliphatic imine (C=N–C) groups is 1. The van der Waals surface area contributed by atoms with Crippen molar-refractivity contribution in [3.05, 3.63) is 97.8 Å². The van der Waals surface area contributed by atoms with Gasteiger partial charge in [-0.15, -0.1) is 5.10 Å². The van der Waals surface area contributed by atoms with Gasteiger partial charge in [0.2, 0.25) is 5.95 Å². The molecule has 0 spiro atoms. The maximum atomic E-state index is 14.6. The highest BCUT2D eigenvalue weighted by Crippen LogP contribution is 2.62.